The van der Waals surface area contributed by atoms with Gasteiger partial charge in [-0.1, -0.05) is 55.5 Å². The molecule has 194 valence electrons. The summed E-state index contributed by atoms with van der Waals surface area (Å²) in [5.74, 6) is 0.318. The fourth-order valence-electron chi connectivity index (χ4n) is 3.45. The second-order valence-electron chi connectivity index (χ2n) is 8.32. The molecule has 3 aromatic rings. The Balaban J connectivity index is 1.73. The Morgan fingerprint density at radius 3 is 2.35 bits per heavy atom. The van der Waals surface area contributed by atoms with Crippen LogP contribution in [0.15, 0.2) is 80.8 Å². The standard InChI is InChI=1S/C28H29IN2O6/c1-18(26(32)30-16-23-14-9-19(2)37-23)15-24(29)25(21-10-12-22(13-11-21)27(33)35-3)31-28(34)36-17-20-7-5-4-6-8-20/h4-15,18,25H,16-17H2,1-3H3,(H,30,32)(H,31,34)/b24-15-/t18-,25?/m1/s1. The van der Waals surface area contributed by atoms with Crippen LogP contribution in [0, 0.1) is 12.8 Å². The van der Waals surface area contributed by atoms with Crippen LogP contribution in [0.25, 0.3) is 0 Å². The maximum absolute atomic E-state index is 12.7. The molecular weight excluding hydrogens is 587 g/mol. The fourth-order valence-corrected chi connectivity index (χ4v) is 4.50. The van der Waals surface area contributed by atoms with Crippen LogP contribution < -0.4 is 10.6 Å². The molecule has 1 aromatic heterocycles. The maximum Gasteiger partial charge on any atom is 0.408 e. The number of esters is 1. The second-order valence-corrected chi connectivity index (χ2v) is 9.57. The minimum atomic E-state index is -0.612. The number of nitrogens with one attached hydrogen (secondary N) is 2. The van der Waals surface area contributed by atoms with Gasteiger partial charge in [-0.05, 0) is 64.9 Å². The largest absolute Gasteiger partial charge is 0.465 e. The van der Waals surface area contributed by atoms with Gasteiger partial charge >= 0.3 is 12.1 Å². The number of rotatable bonds is 10. The number of carbonyl (C=O) groups excluding carboxylic acids is 3. The number of aryl methyl sites for hydroxylation is 1. The lowest BCUT2D eigenvalue weighted by atomic mass is 10.0. The van der Waals surface area contributed by atoms with Crippen LogP contribution in [0.3, 0.4) is 0 Å². The number of furan rings is 1. The van der Waals surface area contributed by atoms with Gasteiger partial charge in [0.1, 0.15) is 18.1 Å². The Morgan fingerprint density at radius 1 is 1.03 bits per heavy atom. The fraction of sp³-hybridized carbons (Fsp3) is 0.250. The van der Waals surface area contributed by atoms with E-state index >= 15 is 0 Å². The monoisotopic (exact) mass is 616 g/mol. The van der Waals surface area contributed by atoms with Gasteiger partial charge in [0.2, 0.25) is 5.91 Å². The van der Waals surface area contributed by atoms with E-state index in [1.165, 1.54) is 7.11 Å². The van der Waals surface area contributed by atoms with Gasteiger partial charge in [-0.2, -0.15) is 0 Å². The van der Waals surface area contributed by atoms with E-state index in [1.54, 1.807) is 37.3 Å². The van der Waals surface area contributed by atoms with Gasteiger partial charge < -0.3 is 24.5 Å². The van der Waals surface area contributed by atoms with Crippen LogP contribution in [0.2, 0.25) is 0 Å². The third-order valence-electron chi connectivity index (χ3n) is 5.47. The molecule has 2 amide bonds. The molecule has 9 heteroatoms. The zero-order valence-electron chi connectivity index (χ0n) is 20.8. The minimum absolute atomic E-state index is 0.117. The van der Waals surface area contributed by atoms with Crippen LogP contribution in [0.1, 0.15) is 46.0 Å². The lowest BCUT2D eigenvalue weighted by Gasteiger charge is -2.20. The molecule has 0 aliphatic heterocycles. The van der Waals surface area contributed by atoms with Gasteiger partial charge in [0, 0.05) is 3.58 Å². The van der Waals surface area contributed by atoms with Crippen molar-refractivity contribution in [2.75, 3.05) is 7.11 Å². The van der Waals surface area contributed by atoms with Gasteiger partial charge in [0.05, 0.1) is 31.2 Å². The first-order chi connectivity index (χ1) is 17.8. The molecule has 0 saturated heterocycles. The van der Waals surface area contributed by atoms with Gasteiger partial charge in [-0.15, -0.1) is 0 Å². The van der Waals surface area contributed by atoms with Crippen LogP contribution >= 0.6 is 22.6 Å². The topological polar surface area (TPSA) is 107 Å². The maximum atomic E-state index is 12.7. The smallest absolute Gasteiger partial charge is 0.408 e. The highest BCUT2D eigenvalue weighted by Gasteiger charge is 2.21. The second kappa shape index (κ2) is 13.6. The summed E-state index contributed by atoms with van der Waals surface area (Å²) in [5.41, 5.74) is 1.96. The summed E-state index contributed by atoms with van der Waals surface area (Å²) >= 11 is 2.10. The van der Waals surface area contributed by atoms with E-state index in [0.717, 1.165) is 11.3 Å². The Kier molecular flexibility index (Phi) is 10.3. The Labute approximate surface area is 229 Å². The summed E-state index contributed by atoms with van der Waals surface area (Å²) in [6, 6.07) is 19.1. The first-order valence-electron chi connectivity index (χ1n) is 11.6. The summed E-state index contributed by atoms with van der Waals surface area (Å²) in [6.45, 7) is 4.01. The molecule has 0 fully saturated rings. The van der Waals surface area contributed by atoms with Gasteiger partial charge in [-0.25, -0.2) is 9.59 Å². The molecule has 2 atom stereocenters. The zero-order valence-corrected chi connectivity index (χ0v) is 23.0. The SMILES string of the molecule is COC(=O)c1ccc(C(NC(=O)OCc2ccccc2)/C(I)=C/[C@@H](C)C(=O)NCc2ccc(C)o2)cc1. The lowest BCUT2D eigenvalue weighted by molar-refractivity contribution is -0.123. The first-order valence-corrected chi connectivity index (χ1v) is 12.7. The first kappa shape index (κ1) is 28.0. The summed E-state index contributed by atoms with van der Waals surface area (Å²) in [5, 5.41) is 5.73. The van der Waals surface area contributed by atoms with Crippen LogP contribution in [-0.2, 0) is 27.4 Å². The van der Waals surface area contributed by atoms with Crippen molar-refractivity contribution >= 4 is 40.6 Å². The number of hydrogen-bond acceptors (Lipinski definition) is 6. The molecular formula is C28H29IN2O6. The molecule has 0 spiro atoms. The van der Waals surface area contributed by atoms with Crippen molar-refractivity contribution in [3.05, 3.63) is 105 Å². The molecule has 0 radical (unpaired) electrons. The zero-order chi connectivity index (χ0) is 26.8. The molecule has 2 N–H and O–H groups in total. The average molecular weight is 616 g/mol. The van der Waals surface area contributed by atoms with Crippen molar-refractivity contribution in [2.45, 2.75) is 33.0 Å². The third-order valence-corrected chi connectivity index (χ3v) is 6.45. The van der Waals surface area contributed by atoms with Crippen molar-refractivity contribution in [3.8, 4) is 0 Å². The van der Waals surface area contributed by atoms with Crippen molar-refractivity contribution < 1.29 is 28.3 Å². The number of hydrogen-bond donors (Lipinski definition) is 2. The predicted octanol–water partition coefficient (Wildman–Crippen LogP) is 5.61. The molecule has 1 heterocycles. The number of benzene rings is 2. The summed E-state index contributed by atoms with van der Waals surface area (Å²) in [4.78, 5) is 37.2. The summed E-state index contributed by atoms with van der Waals surface area (Å²) in [7, 11) is 1.31. The highest BCUT2D eigenvalue weighted by atomic mass is 127. The lowest BCUT2D eigenvalue weighted by Crippen LogP contribution is -2.31. The normalized spacial score (nSPS) is 12.8. The number of methoxy groups -OCH3 is 1. The van der Waals surface area contributed by atoms with E-state index in [-0.39, 0.29) is 19.1 Å². The molecule has 0 aliphatic carbocycles. The van der Waals surface area contributed by atoms with Crippen molar-refractivity contribution in [1.82, 2.24) is 10.6 Å². The van der Waals surface area contributed by atoms with E-state index in [4.69, 9.17) is 13.9 Å². The molecule has 2 aromatic carbocycles. The Hall–Kier alpha value is -3.60. The highest BCUT2D eigenvalue weighted by molar-refractivity contribution is 14.1. The number of ether oxygens (including phenoxy) is 2. The highest BCUT2D eigenvalue weighted by Crippen LogP contribution is 2.29. The molecule has 1 unspecified atom stereocenters. The van der Waals surface area contributed by atoms with Crippen molar-refractivity contribution in [2.24, 2.45) is 5.92 Å². The van der Waals surface area contributed by atoms with E-state index in [2.05, 4.69) is 33.2 Å². The molecule has 0 bridgehead atoms. The van der Waals surface area contributed by atoms with Crippen LogP contribution in [0.5, 0.6) is 0 Å². The van der Waals surface area contributed by atoms with Crippen molar-refractivity contribution in [1.29, 1.82) is 0 Å². The molecule has 0 saturated carbocycles. The average Bonchev–Trinajstić information content (AvgIpc) is 3.34. The molecule has 0 aliphatic rings. The molecule has 37 heavy (non-hydrogen) atoms. The van der Waals surface area contributed by atoms with Crippen LogP contribution in [0.4, 0.5) is 4.79 Å². The Morgan fingerprint density at radius 2 is 1.73 bits per heavy atom. The number of alkyl carbamates (subject to hydrolysis) is 1. The minimum Gasteiger partial charge on any atom is -0.465 e. The van der Waals surface area contributed by atoms with E-state index in [9.17, 15) is 14.4 Å². The Bertz CT molecular complexity index is 1240. The molecule has 8 nitrogen and oxygen atoms in total. The molecule has 3 rings (SSSR count). The van der Waals surface area contributed by atoms with Crippen LogP contribution in [-0.4, -0.2) is 25.1 Å². The number of carbonyl (C=O) groups is 3. The summed E-state index contributed by atoms with van der Waals surface area (Å²) in [6.07, 6.45) is 1.17. The third kappa shape index (κ3) is 8.49. The van der Waals surface area contributed by atoms with Crippen molar-refractivity contribution in [3.63, 3.8) is 0 Å². The summed E-state index contributed by atoms with van der Waals surface area (Å²) < 4.78 is 16.4. The predicted molar refractivity (Wildman–Crippen MR) is 147 cm³/mol. The van der Waals surface area contributed by atoms with Gasteiger partial charge in [0.15, 0.2) is 0 Å². The van der Waals surface area contributed by atoms with E-state index in [1.807, 2.05) is 49.4 Å². The van der Waals surface area contributed by atoms with Gasteiger partial charge in [-0.3, -0.25) is 4.79 Å². The van der Waals surface area contributed by atoms with Gasteiger partial charge in [0.25, 0.3) is 0 Å². The number of amides is 2. The van der Waals surface area contributed by atoms with E-state index < -0.39 is 24.0 Å². The quantitative estimate of drug-likeness (QED) is 0.227. The van der Waals surface area contributed by atoms with E-state index in [0.29, 0.717) is 20.5 Å². The number of halogens is 1.